The summed E-state index contributed by atoms with van der Waals surface area (Å²) in [4.78, 5) is 26.2. The van der Waals surface area contributed by atoms with Crippen LogP contribution in [-0.4, -0.2) is 44.2 Å². The summed E-state index contributed by atoms with van der Waals surface area (Å²) in [5.41, 5.74) is -0.0122. The number of halogens is 5. The van der Waals surface area contributed by atoms with E-state index in [0.29, 0.717) is 40.8 Å². The number of piperidine rings is 1. The molecule has 2 aliphatic rings. The fourth-order valence-electron chi connectivity index (χ4n) is 3.57. The Morgan fingerprint density at radius 3 is 2.58 bits per heavy atom. The highest BCUT2D eigenvalue weighted by Gasteiger charge is 2.53. The monoisotopic (exact) mass is 485 g/mol. The Balaban J connectivity index is 1.92. The first kappa shape index (κ1) is 19.3. The van der Waals surface area contributed by atoms with Crippen molar-refractivity contribution in [2.75, 3.05) is 31.1 Å². The van der Waals surface area contributed by atoms with Gasteiger partial charge in [-0.2, -0.15) is 13.2 Å². The molecule has 0 aromatic heterocycles. The van der Waals surface area contributed by atoms with E-state index in [9.17, 15) is 27.2 Å². The number of hydrogen-bond donors (Lipinski definition) is 2. The van der Waals surface area contributed by atoms with Crippen molar-refractivity contribution in [2.45, 2.75) is 24.4 Å². The Kier molecular flexibility index (Phi) is 5.17. The molecule has 2 N–H and O–H groups in total. The van der Waals surface area contributed by atoms with Gasteiger partial charge in [0, 0.05) is 11.3 Å². The zero-order chi connectivity index (χ0) is 19.1. The Morgan fingerprint density at radius 2 is 1.96 bits per heavy atom. The first-order valence-electron chi connectivity index (χ1n) is 8.00. The molecule has 142 valence electrons. The highest BCUT2D eigenvalue weighted by atomic mass is 127. The van der Waals surface area contributed by atoms with Gasteiger partial charge in [-0.3, -0.25) is 9.59 Å². The number of nitrogens with zero attached hydrogens (tertiary/aromatic N) is 1. The molecule has 0 bridgehead atoms. The molecule has 1 aromatic carbocycles. The number of alkyl halides is 3. The fraction of sp³-hybridized carbons (Fsp3) is 0.500. The van der Waals surface area contributed by atoms with E-state index in [0.717, 1.165) is 0 Å². The zero-order valence-corrected chi connectivity index (χ0v) is 15.7. The summed E-state index contributed by atoms with van der Waals surface area (Å²) in [5.74, 6) is -1.73. The third-order valence-electron chi connectivity index (χ3n) is 4.74. The maximum absolute atomic E-state index is 14.1. The van der Waals surface area contributed by atoms with Crippen LogP contribution in [0.4, 0.5) is 23.2 Å². The molecule has 0 saturated carbocycles. The number of carbonyl (C=O) groups is 2. The summed E-state index contributed by atoms with van der Waals surface area (Å²) in [6.45, 7) is -0.868. The highest BCUT2D eigenvalue weighted by Crippen LogP contribution is 2.49. The molecule has 1 fully saturated rings. The standard InChI is InChI=1S/C16H16F4IN3O2/c17-9-1-2-10-12(13(9)21)15(3-5-22-6-4-15)14(26)24(10)7-11(25)23-8-16(18,19)20/h1-2,22H,3-8H2,(H,23,25). The number of rotatable bonds is 3. The minimum absolute atomic E-state index is 0.313. The first-order chi connectivity index (χ1) is 12.2. The van der Waals surface area contributed by atoms with Gasteiger partial charge in [0.1, 0.15) is 18.9 Å². The molecule has 2 heterocycles. The minimum atomic E-state index is -4.53. The van der Waals surface area contributed by atoms with Crippen molar-refractivity contribution < 1.29 is 27.2 Å². The highest BCUT2D eigenvalue weighted by molar-refractivity contribution is 14.1. The van der Waals surface area contributed by atoms with E-state index in [-0.39, 0.29) is 5.91 Å². The van der Waals surface area contributed by atoms with Crippen molar-refractivity contribution in [3.8, 4) is 0 Å². The van der Waals surface area contributed by atoms with Gasteiger partial charge < -0.3 is 15.5 Å². The van der Waals surface area contributed by atoms with E-state index in [1.54, 1.807) is 5.32 Å². The smallest absolute Gasteiger partial charge is 0.345 e. The van der Waals surface area contributed by atoms with Crippen LogP contribution in [0.25, 0.3) is 0 Å². The molecule has 0 radical (unpaired) electrons. The number of fused-ring (bicyclic) bond motifs is 2. The van der Waals surface area contributed by atoms with Crippen LogP contribution in [-0.2, 0) is 15.0 Å². The summed E-state index contributed by atoms with van der Waals surface area (Å²) in [6.07, 6.45) is -3.64. The molecule has 2 aliphatic heterocycles. The molecule has 10 heteroatoms. The molecule has 0 aliphatic carbocycles. The second-order valence-corrected chi connectivity index (χ2v) is 7.45. The predicted molar refractivity (Wildman–Crippen MR) is 94.3 cm³/mol. The van der Waals surface area contributed by atoms with Crippen LogP contribution in [0.1, 0.15) is 18.4 Å². The van der Waals surface area contributed by atoms with Crippen molar-refractivity contribution in [1.82, 2.24) is 10.6 Å². The fourth-order valence-corrected chi connectivity index (χ4v) is 4.54. The average molecular weight is 485 g/mol. The van der Waals surface area contributed by atoms with Gasteiger partial charge >= 0.3 is 6.18 Å². The molecule has 0 atom stereocenters. The van der Waals surface area contributed by atoms with E-state index in [2.05, 4.69) is 5.32 Å². The summed E-state index contributed by atoms with van der Waals surface area (Å²) in [5, 5.41) is 4.91. The third-order valence-corrected chi connectivity index (χ3v) is 5.80. The number of benzene rings is 1. The first-order valence-corrected chi connectivity index (χ1v) is 9.08. The van der Waals surface area contributed by atoms with Crippen LogP contribution in [0.3, 0.4) is 0 Å². The van der Waals surface area contributed by atoms with Crippen molar-refractivity contribution in [2.24, 2.45) is 0 Å². The Morgan fingerprint density at radius 1 is 1.31 bits per heavy atom. The van der Waals surface area contributed by atoms with E-state index in [1.807, 2.05) is 22.6 Å². The maximum atomic E-state index is 14.1. The lowest BCUT2D eigenvalue weighted by Crippen LogP contribution is -2.50. The number of nitrogens with one attached hydrogen (secondary N) is 2. The SMILES string of the molecule is O=C(CN1C(=O)C2(CCNCC2)c2c1ccc(F)c2I)NCC(F)(F)F. The van der Waals surface area contributed by atoms with Crippen molar-refractivity contribution in [3.05, 3.63) is 27.1 Å². The van der Waals surface area contributed by atoms with E-state index in [1.165, 1.54) is 17.0 Å². The second-order valence-electron chi connectivity index (χ2n) is 6.37. The number of hydrogen-bond acceptors (Lipinski definition) is 3. The molecule has 26 heavy (non-hydrogen) atoms. The lowest BCUT2D eigenvalue weighted by Gasteiger charge is -2.33. The van der Waals surface area contributed by atoms with Crippen molar-refractivity contribution in [1.29, 1.82) is 0 Å². The van der Waals surface area contributed by atoms with Crippen LogP contribution in [0.15, 0.2) is 12.1 Å². The van der Waals surface area contributed by atoms with Crippen LogP contribution < -0.4 is 15.5 Å². The summed E-state index contributed by atoms with van der Waals surface area (Å²) in [7, 11) is 0. The average Bonchev–Trinajstić information content (AvgIpc) is 2.79. The normalized spacial score (nSPS) is 19.0. The summed E-state index contributed by atoms with van der Waals surface area (Å²) < 4.78 is 51.3. The lowest BCUT2D eigenvalue weighted by atomic mass is 9.74. The maximum Gasteiger partial charge on any atom is 0.405 e. The second kappa shape index (κ2) is 6.95. The van der Waals surface area contributed by atoms with Gasteiger partial charge in [0.25, 0.3) is 0 Å². The summed E-state index contributed by atoms with van der Waals surface area (Å²) in [6, 6.07) is 2.62. The minimum Gasteiger partial charge on any atom is -0.345 e. The van der Waals surface area contributed by atoms with Crippen LogP contribution in [0.5, 0.6) is 0 Å². The molecule has 1 saturated heterocycles. The van der Waals surface area contributed by atoms with Crippen LogP contribution in [0.2, 0.25) is 0 Å². The largest absolute Gasteiger partial charge is 0.405 e. The van der Waals surface area contributed by atoms with Gasteiger partial charge in [-0.25, -0.2) is 4.39 Å². The van der Waals surface area contributed by atoms with Crippen molar-refractivity contribution in [3.63, 3.8) is 0 Å². The quantitative estimate of drug-likeness (QED) is 0.510. The predicted octanol–water partition coefficient (Wildman–Crippen LogP) is 2.08. The van der Waals surface area contributed by atoms with E-state index < -0.39 is 36.4 Å². The molecule has 5 nitrogen and oxygen atoms in total. The molecule has 1 aromatic rings. The van der Waals surface area contributed by atoms with Gasteiger partial charge in [0.15, 0.2) is 0 Å². The molecule has 0 unspecified atom stereocenters. The lowest BCUT2D eigenvalue weighted by molar-refractivity contribution is -0.138. The van der Waals surface area contributed by atoms with Crippen LogP contribution >= 0.6 is 22.6 Å². The van der Waals surface area contributed by atoms with Crippen molar-refractivity contribution >= 4 is 40.1 Å². The molecule has 2 amide bonds. The molecular weight excluding hydrogens is 469 g/mol. The number of carbonyl (C=O) groups excluding carboxylic acids is 2. The van der Waals surface area contributed by atoms with E-state index in [4.69, 9.17) is 0 Å². The Bertz CT molecular complexity index is 748. The topological polar surface area (TPSA) is 61.4 Å². The van der Waals surface area contributed by atoms with Gasteiger partial charge in [0.2, 0.25) is 11.8 Å². The molecule has 3 rings (SSSR count). The molecular formula is C16H16F4IN3O2. The number of anilines is 1. The Hall–Kier alpha value is -1.43. The zero-order valence-electron chi connectivity index (χ0n) is 13.6. The van der Waals surface area contributed by atoms with Gasteiger partial charge in [0.05, 0.1) is 8.99 Å². The van der Waals surface area contributed by atoms with Crippen LogP contribution in [0, 0.1) is 9.39 Å². The Labute approximate surface area is 160 Å². The summed E-state index contributed by atoms with van der Waals surface area (Å²) >= 11 is 1.84. The number of amides is 2. The van der Waals surface area contributed by atoms with Gasteiger partial charge in [-0.1, -0.05) is 0 Å². The van der Waals surface area contributed by atoms with Gasteiger partial charge in [-0.05, 0) is 60.7 Å². The van der Waals surface area contributed by atoms with Gasteiger partial charge in [-0.15, -0.1) is 0 Å². The van der Waals surface area contributed by atoms with E-state index >= 15 is 0 Å². The third kappa shape index (κ3) is 3.40. The molecule has 1 spiro atoms.